The van der Waals surface area contributed by atoms with E-state index in [1.165, 1.54) is 0 Å². The van der Waals surface area contributed by atoms with Crippen LogP contribution in [0.15, 0.2) is 34.6 Å². The molecule has 27 heavy (non-hydrogen) atoms. The maximum Gasteiger partial charge on any atom is 0.115 e. The molecule has 0 heterocycles. The molecule has 0 aliphatic heterocycles. The third kappa shape index (κ3) is 4.05. The summed E-state index contributed by atoms with van der Waals surface area (Å²) in [7, 11) is 0. The van der Waals surface area contributed by atoms with Gasteiger partial charge in [0, 0.05) is 6.61 Å². The number of aliphatic hydroxyl groups excluding tert-OH is 1. The first kappa shape index (κ1) is 19.9. The van der Waals surface area contributed by atoms with Gasteiger partial charge in [-0.1, -0.05) is 35.8 Å². The monoisotopic (exact) mass is 374 g/mol. The lowest BCUT2D eigenvalue weighted by molar-refractivity contribution is -0.0467. The van der Waals surface area contributed by atoms with Crippen LogP contribution in [0.5, 0.6) is 5.75 Å². The van der Waals surface area contributed by atoms with Gasteiger partial charge in [-0.25, -0.2) is 0 Å². The van der Waals surface area contributed by atoms with Crippen molar-refractivity contribution >= 4 is 0 Å². The molecule has 0 radical (unpaired) electrons. The highest BCUT2D eigenvalue weighted by Gasteiger charge is 2.51. The zero-order valence-corrected chi connectivity index (χ0v) is 15.9. The summed E-state index contributed by atoms with van der Waals surface area (Å²) < 4.78 is 0. The standard InChI is InChI=1S/C21H30N2O4/c1-2-16-20(12-24)18-10-14(11-22-26)5-8-17(18)19(21(16)23-27)9-13-3-6-15(25)7-4-13/h3-4,6-7,14,16-21,24-25H,2,5,8-12H2,1H3/t14?,16-,17+,18+,19-,20-,21?/m0/s1. The molecule has 3 rings (SSSR count). The van der Waals surface area contributed by atoms with E-state index in [1.807, 2.05) is 12.1 Å². The third-order valence-corrected chi connectivity index (χ3v) is 7.14. The predicted octanol–water partition coefficient (Wildman–Crippen LogP) is 4.13. The SMILES string of the molecule is CC[C@@H]1C(N=O)[C@@H](Cc2ccc(O)cc2)[C@@H]2CCC(CN=O)C[C@H]2[C@H]1CO. The van der Waals surface area contributed by atoms with Gasteiger partial charge < -0.3 is 10.2 Å². The molecule has 2 saturated carbocycles. The van der Waals surface area contributed by atoms with Gasteiger partial charge in [-0.2, -0.15) is 9.81 Å². The Morgan fingerprint density at radius 2 is 1.78 bits per heavy atom. The molecular weight excluding hydrogens is 344 g/mol. The molecule has 6 heteroatoms. The summed E-state index contributed by atoms with van der Waals surface area (Å²) >= 11 is 0. The minimum atomic E-state index is -0.303. The molecule has 0 aromatic heterocycles. The van der Waals surface area contributed by atoms with Crippen LogP contribution in [0.2, 0.25) is 0 Å². The van der Waals surface area contributed by atoms with Crippen molar-refractivity contribution in [3.05, 3.63) is 39.6 Å². The molecule has 0 bridgehead atoms. The Hall–Kier alpha value is -1.82. The van der Waals surface area contributed by atoms with Crippen molar-refractivity contribution in [1.82, 2.24) is 0 Å². The summed E-state index contributed by atoms with van der Waals surface area (Å²) in [4.78, 5) is 22.6. The Bertz CT molecular complexity index is 636. The molecule has 2 N–H and O–H groups in total. The molecule has 2 unspecified atom stereocenters. The number of benzene rings is 1. The van der Waals surface area contributed by atoms with E-state index in [1.54, 1.807) is 12.1 Å². The van der Waals surface area contributed by atoms with Crippen molar-refractivity contribution in [3.8, 4) is 5.75 Å². The van der Waals surface area contributed by atoms with Gasteiger partial charge in [0.15, 0.2) is 0 Å². The van der Waals surface area contributed by atoms with E-state index in [0.29, 0.717) is 18.4 Å². The lowest BCUT2D eigenvalue weighted by Gasteiger charge is -2.52. The van der Waals surface area contributed by atoms with Crippen LogP contribution in [0.4, 0.5) is 0 Å². The molecule has 1 aromatic rings. The molecule has 148 valence electrons. The second-order valence-electron chi connectivity index (χ2n) is 8.37. The van der Waals surface area contributed by atoms with Crippen LogP contribution < -0.4 is 0 Å². The smallest absolute Gasteiger partial charge is 0.115 e. The van der Waals surface area contributed by atoms with Crippen LogP contribution >= 0.6 is 0 Å². The van der Waals surface area contributed by atoms with Gasteiger partial charge in [0.1, 0.15) is 5.75 Å². The van der Waals surface area contributed by atoms with E-state index in [-0.39, 0.29) is 42.1 Å². The summed E-state index contributed by atoms with van der Waals surface area (Å²) in [5.74, 6) is 1.41. The molecule has 2 aliphatic rings. The lowest BCUT2D eigenvalue weighted by atomic mass is 9.53. The van der Waals surface area contributed by atoms with E-state index < -0.39 is 0 Å². The maximum atomic E-state index is 11.9. The number of hydrogen-bond acceptors (Lipinski definition) is 6. The minimum Gasteiger partial charge on any atom is -0.508 e. The summed E-state index contributed by atoms with van der Waals surface area (Å²) in [5, 5.41) is 26.3. The summed E-state index contributed by atoms with van der Waals surface area (Å²) in [6.07, 6.45) is 4.36. The predicted molar refractivity (Wildman–Crippen MR) is 104 cm³/mol. The molecule has 7 atom stereocenters. The molecule has 1 aromatic carbocycles. The number of phenols is 1. The van der Waals surface area contributed by atoms with E-state index in [9.17, 15) is 20.0 Å². The minimum absolute atomic E-state index is 0.0632. The van der Waals surface area contributed by atoms with Gasteiger partial charge in [0.2, 0.25) is 0 Å². The Labute approximate surface area is 160 Å². The zero-order valence-electron chi connectivity index (χ0n) is 15.9. The van der Waals surface area contributed by atoms with Crippen LogP contribution in [-0.4, -0.2) is 29.4 Å². The van der Waals surface area contributed by atoms with Crippen molar-refractivity contribution in [2.24, 2.45) is 45.9 Å². The van der Waals surface area contributed by atoms with Gasteiger partial charge >= 0.3 is 0 Å². The molecule has 0 spiro atoms. The average Bonchev–Trinajstić information content (AvgIpc) is 2.69. The Morgan fingerprint density at radius 1 is 1.04 bits per heavy atom. The van der Waals surface area contributed by atoms with Crippen molar-refractivity contribution in [2.45, 2.75) is 45.1 Å². The number of aliphatic hydroxyl groups is 1. The normalized spacial score (nSPS) is 36.0. The van der Waals surface area contributed by atoms with Crippen molar-refractivity contribution in [2.75, 3.05) is 13.2 Å². The average molecular weight is 374 g/mol. The molecular formula is C21H30N2O4. The van der Waals surface area contributed by atoms with Crippen molar-refractivity contribution in [3.63, 3.8) is 0 Å². The van der Waals surface area contributed by atoms with Crippen molar-refractivity contribution in [1.29, 1.82) is 0 Å². The first-order chi connectivity index (χ1) is 13.1. The van der Waals surface area contributed by atoms with Crippen LogP contribution in [0.25, 0.3) is 0 Å². The van der Waals surface area contributed by atoms with Crippen LogP contribution in [-0.2, 0) is 6.42 Å². The number of phenolic OH excluding ortho intramolecular Hbond substituents is 1. The molecule has 6 nitrogen and oxygen atoms in total. The number of aromatic hydroxyl groups is 1. The second kappa shape index (κ2) is 8.91. The van der Waals surface area contributed by atoms with Crippen LogP contribution in [0.3, 0.4) is 0 Å². The number of nitrogens with zero attached hydrogens (tertiary/aromatic N) is 2. The van der Waals surface area contributed by atoms with Crippen LogP contribution in [0, 0.1) is 45.3 Å². The fraction of sp³-hybridized carbons (Fsp3) is 0.714. The van der Waals surface area contributed by atoms with Gasteiger partial charge in [0.05, 0.1) is 12.6 Å². The number of rotatable bonds is 7. The van der Waals surface area contributed by atoms with Gasteiger partial charge in [-0.05, 0) is 78.9 Å². The summed E-state index contributed by atoms with van der Waals surface area (Å²) in [5.41, 5.74) is 1.10. The molecule has 2 fully saturated rings. The fourth-order valence-corrected chi connectivity index (χ4v) is 5.90. The summed E-state index contributed by atoms with van der Waals surface area (Å²) in [6, 6.07) is 6.88. The first-order valence-electron chi connectivity index (χ1n) is 10.1. The van der Waals surface area contributed by atoms with Crippen LogP contribution in [0.1, 0.15) is 38.2 Å². The first-order valence-corrected chi connectivity index (χ1v) is 10.1. The van der Waals surface area contributed by atoms with E-state index in [2.05, 4.69) is 17.3 Å². The largest absolute Gasteiger partial charge is 0.508 e. The number of nitroso groups, excluding NO2 is 2. The summed E-state index contributed by atoms with van der Waals surface area (Å²) in [6.45, 7) is 2.48. The van der Waals surface area contributed by atoms with Gasteiger partial charge in [-0.3, -0.25) is 0 Å². The Balaban J connectivity index is 1.90. The Kier molecular flexibility index (Phi) is 6.58. The van der Waals surface area contributed by atoms with Crippen molar-refractivity contribution < 1.29 is 10.2 Å². The van der Waals surface area contributed by atoms with Gasteiger partial charge in [0.25, 0.3) is 0 Å². The highest BCUT2D eigenvalue weighted by molar-refractivity contribution is 5.26. The second-order valence-corrected chi connectivity index (χ2v) is 8.37. The van der Waals surface area contributed by atoms with Gasteiger partial charge in [-0.15, -0.1) is 0 Å². The molecule has 0 amide bonds. The fourth-order valence-electron chi connectivity index (χ4n) is 5.90. The quantitative estimate of drug-likeness (QED) is 0.701. The third-order valence-electron chi connectivity index (χ3n) is 7.14. The van der Waals surface area contributed by atoms with E-state index in [4.69, 9.17) is 0 Å². The highest BCUT2D eigenvalue weighted by atomic mass is 16.3. The van der Waals surface area contributed by atoms with E-state index in [0.717, 1.165) is 37.7 Å². The number of hydrogen-bond donors (Lipinski definition) is 2. The highest BCUT2D eigenvalue weighted by Crippen LogP contribution is 2.53. The topological polar surface area (TPSA) is 99.3 Å². The maximum absolute atomic E-state index is 11.9. The molecule has 2 aliphatic carbocycles. The van der Waals surface area contributed by atoms with E-state index >= 15 is 0 Å². The molecule has 0 saturated heterocycles. The number of fused-ring (bicyclic) bond motifs is 1. The zero-order chi connectivity index (χ0) is 19.4. The Morgan fingerprint density at radius 3 is 2.37 bits per heavy atom. The lowest BCUT2D eigenvalue weighted by Crippen LogP contribution is -2.52.